The molecule has 212 valence electrons. The Bertz CT molecular complexity index is 946. The predicted molar refractivity (Wildman–Crippen MR) is 149 cm³/mol. The Hall–Kier alpha value is -1.97. The number of carbonyl (C=O) groups is 1. The van der Waals surface area contributed by atoms with E-state index in [0.29, 0.717) is 11.7 Å². The lowest BCUT2D eigenvalue weighted by Gasteiger charge is -2.38. The van der Waals surface area contributed by atoms with E-state index < -0.39 is 12.7 Å². The third-order valence-corrected chi connectivity index (χ3v) is 8.32. The van der Waals surface area contributed by atoms with Crippen molar-refractivity contribution in [3.8, 4) is 11.5 Å². The summed E-state index contributed by atoms with van der Waals surface area (Å²) in [7, 11) is 1.25. The van der Waals surface area contributed by atoms with Crippen LogP contribution in [0.3, 0.4) is 0 Å². The number of rotatable bonds is 6. The fourth-order valence-electron chi connectivity index (χ4n) is 5.29. The van der Waals surface area contributed by atoms with Crippen molar-refractivity contribution in [2.24, 2.45) is 5.92 Å². The molecule has 3 aliphatic rings. The number of benzene rings is 1. The molecular formula is C29H47BN2O6. The monoisotopic (exact) mass is 530 g/mol. The van der Waals surface area contributed by atoms with Crippen LogP contribution in [0.4, 0.5) is 4.79 Å². The third kappa shape index (κ3) is 6.96. The summed E-state index contributed by atoms with van der Waals surface area (Å²) in [5.74, 6) is 2.09. The minimum atomic E-state index is -0.445. The summed E-state index contributed by atoms with van der Waals surface area (Å²) in [5, 5.41) is 0. The lowest BCUT2D eigenvalue weighted by molar-refractivity contribution is 0.00578. The van der Waals surface area contributed by atoms with E-state index in [1.165, 1.54) is 0 Å². The summed E-state index contributed by atoms with van der Waals surface area (Å²) in [6.45, 7) is 18.6. The van der Waals surface area contributed by atoms with E-state index in [1.54, 1.807) is 7.11 Å². The second-order valence-corrected chi connectivity index (χ2v) is 13.0. The highest BCUT2D eigenvalue weighted by atomic mass is 16.7. The number of hydrogen-bond acceptors (Lipinski definition) is 7. The normalized spacial score (nSPS) is 22.9. The standard InChI is InChI=1S/C29H47BN2O6/c1-27(2,3)36-26(33)32-17-11-21(12-18-32)20-31-15-13-23(14-16-31)35-24-10-9-22(19-25(24)34-8)30-37-28(4,5)29(6,7)38-30/h9-10,19,21,23H,11-18,20H2,1-8H3. The average molecular weight is 531 g/mol. The van der Waals surface area contributed by atoms with Crippen LogP contribution in [0.15, 0.2) is 18.2 Å². The largest absolute Gasteiger partial charge is 0.494 e. The molecule has 1 amide bonds. The first-order valence-corrected chi connectivity index (χ1v) is 14.2. The van der Waals surface area contributed by atoms with E-state index in [2.05, 4.69) is 32.6 Å². The predicted octanol–water partition coefficient (Wildman–Crippen LogP) is 4.48. The van der Waals surface area contributed by atoms with E-state index in [-0.39, 0.29) is 23.4 Å². The molecule has 1 aromatic rings. The minimum absolute atomic E-state index is 0.164. The van der Waals surface area contributed by atoms with Gasteiger partial charge in [-0.2, -0.15) is 0 Å². The quantitative estimate of drug-likeness (QED) is 0.503. The molecule has 38 heavy (non-hydrogen) atoms. The average Bonchev–Trinajstić information content (AvgIpc) is 3.06. The van der Waals surface area contributed by atoms with Gasteiger partial charge in [-0.3, -0.25) is 0 Å². The molecule has 0 unspecified atom stereocenters. The molecule has 3 aliphatic heterocycles. The number of ether oxygens (including phenoxy) is 3. The Kier molecular flexibility index (Phi) is 8.60. The van der Waals surface area contributed by atoms with Gasteiger partial charge in [0.1, 0.15) is 11.7 Å². The van der Waals surface area contributed by atoms with Crippen molar-refractivity contribution in [3.05, 3.63) is 18.2 Å². The molecule has 9 heteroatoms. The highest BCUT2D eigenvalue weighted by Crippen LogP contribution is 2.37. The van der Waals surface area contributed by atoms with Gasteiger partial charge in [0.25, 0.3) is 0 Å². The van der Waals surface area contributed by atoms with Crippen molar-refractivity contribution in [2.45, 2.75) is 97.1 Å². The van der Waals surface area contributed by atoms with Gasteiger partial charge in [-0.1, -0.05) is 6.07 Å². The van der Waals surface area contributed by atoms with Gasteiger partial charge in [0.15, 0.2) is 11.5 Å². The van der Waals surface area contributed by atoms with Crippen molar-refractivity contribution in [1.29, 1.82) is 0 Å². The minimum Gasteiger partial charge on any atom is -0.493 e. The smallest absolute Gasteiger partial charge is 0.493 e. The second-order valence-electron chi connectivity index (χ2n) is 13.0. The summed E-state index contributed by atoms with van der Waals surface area (Å²) in [6.07, 6.45) is 4.01. The van der Waals surface area contributed by atoms with Gasteiger partial charge in [0.2, 0.25) is 0 Å². The molecule has 0 aliphatic carbocycles. The summed E-state index contributed by atoms with van der Waals surface area (Å²) < 4.78 is 30.0. The second kappa shape index (κ2) is 11.3. The van der Waals surface area contributed by atoms with Crippen molar-refractivity contribution in [2.75, 3.05) is 39.8 Å². The summed E-state index contributed by atoms with van der Waals surface area (Å²) in [4.78, 5) is 16.7. The Morgan fingerprint density at radius 1 is 0.974 bits per heavy atom. The van der Waals surface area contributed by atoms with Crippen molar-refractivity contribution < 1.29 is 28.3 Å². The molecule has 0 atom stereocenters. The number of piperidine rings is 2. The Morgan fingerprint density at radius 2 is 1.58 bits per heavy atom. The first kappa shape index (κ1) is 29.0. The number of methoxy groups -OCH3 is 1. The lowest BCUT2D eigenvalue weighted by Crippen LogP contribution is -2.45. The summed E-state index contributed by atoms with van der Waals surface area (Å²) in [6, 6.07) is 5.96. The Balaban J connectivity index is 1.23. The SMILES string of the molecule is COc1cc(B2OC(C)(C)C(C)(C)O2)ccc1OC1CCN(CC2CCN(C(=O)OC(C)(C)C)CC2)CC1. The van der Waals surface area contributed by atoms with Gasteiger partial charge in [-0.25, -0.2) is 4.79 Å². The maximum atomic E-state index is 12.3. The number of likely N-dealkylation sites (tertiary alicyclic amines) is 2. The Labute approximate surface area is 229 Å². The zero-order valence-electron chi connectivity index (χ0n) is 24.7. The summed E-state index contributed by atoms with van der Waals surface area (Å²) >= 11 is 0. The lowest BCUT2D eigenvalue weighted by atomic mass is 9.79. The number of carbonyl (C=O) groups excluding carboxylic acids is 1. The molecular weight excluding hydrogens is 483 g/mol. The van der Waals surface area contributed by atoms with Crippen molar-refractivity contribution in [3.63, 3.8) is 0 Å². The molecule has 8 nitrogen and oxygen atoms in total. The number of hydrogen-bond donors (Lipinski definition) is 0. The zero-order valence-corrected chi connectivity index (χ0v) is 24.7. The van der Waals surface area contributed by atoms with E-state index in [4.69, 9.17) is 23.5 Å². The van der Waals surface area contributed by atoms with Crippen LogP contribution in [0.2, 0.25) is 0 Å². The van der Waals surface area contributed by atoms with Crippen LogP contribution < -0.4 is 14.9 Å². The van der Waals surface area contributed by atoms with Crippen LogP contribution in [0.5, 0.6) is 11.5 Å². The zero-order chi connectivity index (χ0) is 27.7. The van der Waals surface area contributed by atoms with Crippen LogP contribution in [0.1, 0.15) is 74.1 Å². The highest BCUT2D eigenvalue weighted by molar-refractivity contribution is 6.62. The molecule has 1 aromatic carbocycles. The maximum Gasteiger partial charge on any atom is 0.494 e. The van der Waals surface area contributed by atoms with Gasteiger partial charge in [-0.15, -0.1) is 0 Å². The van der Waals surface area contributed by atoms with Crippen LogP contribution in [0.25, 0.3) is 0 Å². The van der Waals surface area contributed by atoms with E-state index in [9.17, 15) is 4.79 Å². The van der Waals surface area contributed by atoms with E-state index in [1.807, 2.05) is 43.9 Å². The first-order valence-electron chi connectivity index (χ1n) is 14.2. The Morgan fingerprint density at radius 3 is 2.13 bits per heavy atom. The molecule has 0 bridgehead atoms. The molecule has 0 N–H and O–H groups in total. The van der Waals surface area contributed by atoms with Gasteiger partial charge in [-0.05, 0) is 97.7 Å². The van der Waals surface area contributed by atoms with Gasteiger partial charge < -0.3 is 33.3 Å². The van der Waals surface area contributed by atoms with Gasteiger partial charge in [0.05, 0.1) is 18.3 Å². The maximum absolute atomic E-state index is 12.3. The molecule has 0 spiro atoms. The van der Waals surface area contributed by atoms with Crippen LogP contribution in [-0.4, -0.2) is 85.8 Å². The number of amides is 1. The molecule has 3 heterocycles. The molecule has 3 fully saturated rings. The van der Waals surface area contributed by atoms with E-state index >= 15 is 0 Å². The summed E-state index contributed by atoms with van der Waals surface area (Å²) in [5.41, 5.74) is -0.285. The molecule has 4 rings (SSSR count). The molecule has 0 saturated carbocycles. The van der Waals surface area contributed by atoms with Crippen LogP contribution in [0, 0.1) is 5.92 Å². The molecule has 0 aromatic heterocycles. The fraction of sp³-hybridized carbons (Fsp3) is 0.759. The van der Waals surface area contributed by atoms with E-state index in [0.717, 1.165) is 69.6 Å². The van der Waals surface area contributed by atoms with Crippen LogP contribution in [-0.2, 0) is 14.0 Å². The first-order chi connectivity index (χ1) is 17.8. The van der Waals surface area contributed by atoms with Crippen molar-refractivity contribution in [1.82, 2.24) is 9.80 Å². The number of nitrogens with zero attached hydrogens (tertiary/aromatic N) is 2. The van der Waals surface area contributed by atoms with Crippen molar-refractivity contribution >= 4 is 18.7 Å². The third-order valence-electron chi connectivity index (χ3n) is 8.32. The highest BCUT2D eigenvalue weighted by Gasteiger charge is 2.51. The molecule has 0 radical (unpaired) electrons. The van der Waals surface area contributed by atoms with Gasteiger partial charge >= 0.3 is 13.2 Å². The van der Waals surface area contributed by atoms with Gasteiger partial charge in [0, 0.05) is 32.7 Å². The molecule has 3 saturated heterocycles. The van der Waals surface area contributed by atoms with Crippen LogP contribution >= 0.6 is 0 Å². The fourth-order valence-corrected chi connectivity index (χ4v) is 5.29. The topological polar surface area (TPSA) is 69.7 Å².